The molecule has 0 unspecified atom stereocenters. The van der Waals surface area contributed by atoms with Crippen LogP contribution >= 0.6 is 0 Å². The average molecular weight is 254 g/mol. The van der Waals surface area contributed by atoms with Crippen molar-refractivity contribution >= 4 is 11.0 Å². The van der Waals surface area contributed by atoms with Gasteiger partial charge >= 0.3 is 0 Å². The largest absolute Gasteiger partial charge is 0.457 e. The minimum atomic E-state index is -0.0694. The SMILES string of the molecule is Cn1c(CO)nc2ccc(Oc3ccccc3)cc21. The number of benzene rings is 2. The summed E-state index contributed by atoms with van der Waals surface area (Å²) in [5.74, 6) is 2.20. The molecule has 0 saturated carbocycles. The lowest BCUT2D eigenvalue weighted by Crippen LogP contribution is -1.96. The second-order valence-corrected chi connectivity index (χ2v) is 4.31. The molecule has 4 nitrogen and oxygen atoms in total. The summed E-state index contributed by atoms with van der Waals surface area (Å²) in [4.78, 5) is 4.34. The van der Waals surface area contributed by atoms with E-state index in [9.17, 15) is 5.11 Å². The number of aromatic nitrogens is 2. The number of aliphatic hydroxyl groups is 1. The molecule has 0 spiro atoms. The Labute approximate surface area is 110 Å². The molecule has 0 aliphatic carbocycles. The van der Waals surface area contributed by atoms with Gasteiger partial charge in [-0.3, -0.25) is 0 Å². The van der Waals surface area contributed by atoms with Crippen molar-refractivity contribution < 1.29 is 9.84 Å². The minimum Gasteiger partial charge on any atom is -0.457 e. The van der Waals surface area contributed by atoms with Gasteiger partial charge in [-0.1, -0.05) is 18.2 Å². The highest BCUT2D eigenvalue weighted by atomic mass is 16.5. The normalized spacial score (nSPS) is 10.8. The van der Waals surface area contributed by atoms with Gasteiger partial charge < -0.3 is 14.4 Å². The highest BCUT2D eigenvalue weighted by molar-refractivity contribution is 5.77. The van der Waals surface area contributed by atoms with Crippen molar-refractivity contribution in [2.24, 2.45) is 7.05 Å². The first kappa shape index (κ1) is 11.7. The fourth-order valence-electron chi connectivity index (χ4n) is 2.05. The first-order valence-electron chi connectivity index (χ1n) is 6.07. The molecule has 0 aliphatic heterocycles. The predicted octanol–water partition coefficient (Wildman–Crippen LogP) is 2.86. The molecule has 0 radical (unpaired) electrons. The third-order valence-corrected chi connectivity index (χ3v) is 3.07. The molecule has 0 amide bonds. The molecule has 4 heteroatoms. The minimum absolute atomic E-state index is 0.0694. The van der Waals surface area contributed by atoms with E-state index in [2.05, 4.69) is 4.98 Å². The number of aryl methyl sites for hydroxylation is 1. The van der Waals surface area contributed by atoms with Crippen LogP contribution in [0.15, 0.2) is 48.5 Å². The topological polar surface area (TPSA) is 47.3 Å². The van der Waals surface area contributed by atoms with Gasteiger partial charge in [-0.25, -0.2) is 4.98 Å². The quantitative estimate of drug-likeness (QED) is 0.781. The molecular weight excluding hydrogens is 240 g/mol. The summed E-state index contributed by atoms with van der Waals surface area (Å²) in [5.41, 5.74) is 1.80. The molecule has 0 bridgehead atoms. The molecule has 1 aromatic heterocycles. The van der Waals surface area contributed by atoms with E-state index in [4.69, 9.17) is 4.74 Å². The summed E-state index contributed by atoms with van der Waals surface area (Å²) in [7, 11) is 1.88. The number of fused-ring (bicyclic) bond motifs is 1. The van der Waals surface area contributed by atoms with E-state index < -0.39 is 0 Å². The first-order valence-corrected chi connectivity index (χ1v) is 6.07. The zero-order valence-electron chi connectivity index (χ0n) is 10.6. The summed E-state index contributed by atoms with van der Waals surface area (Å²) in [6.45, 7) is -0.0694. The summed E-state index contributed by atoms with van der Waals surface area (Å²) in [5, 5.41) is 9.21. The van der Waals surface area contributed by atoms with Crippen molar-refractivity contribution in [3.8, 4) is 11.5 Å². The highest BCUT2D eigenvalue weighted by Crippen LogP contribution is 2.25. The van der Waals surface area contributed by atoms with Crippen molar-refractivity contribution in [2.45, 2.75) is 6.61 Å². The van der Waals surface area contributed by atoms with E-state index in [-0.39, 0.29) is 6.61 Å². The van der Waals surface area contributed by atoms with Crippen molar-refractivity contribution in [2.75, 3.05) is 0 Å². The van der Waals surface area contributed by atoms with Gasteiger partial charge in [0.2, 0.25) is 0 Å². The lowest BCUT2D eigenvalue weighted by molar-refractivity contribution is 0.268. The maximum absolute atomic E-state index is 9.21. The van der Waals surface area contributed by atoms with Crippen LogP contribution in [-0.4, -0.2) is 14.7 Å². The first-order chi connectivity index (χ1) is 9.28. The molecule has 0 saturated heterocycles. The molecule has 19 heavy (non-hydrogen) atoms. The number of ether oxygens (including phenoxy) is 1. The van der Waals surface area contributed by atoms with Gasteiger partial charge in [-0.15, -0.1) is 0 Å². The average Bonchev–Trinajstić information content (AvgIpc) is 2.77. The van der Waals surface area contributed by atoms with Gasteiger partial charge in [-0.2, -0.15) is 0 Å². The molecule has 0 aliphatic rings. The van der Waals surface area contributed by atoms with Crippen LogP contribution in [0.3, 0.4) is 0 Å². The number of nitrogens with zero attached hydrogens (tertiary/aromatic N) is 2. The van der Waals surface area contributed by atoms with Gasteiger partial charge in [0, 0.05) is 13.1 Å². The van der Waals surface area contributed by atoms with Crippen LogP contribution in [-0.2, 0) is 13.7 Å². The third-order valence-electron chi connectivity index (χ3n) is 3.07. The molecule has 0 atom stereocenters. The highest BCUT2D eigenvalue weighted by Gasteiger charge is 2.08. The van der Waals surface area contributed by atoms with Crippen LogP contribution in [0.2, 0.25) is 0 Å². The number of para-hydroxylation sites is 1. The molecule has 2 aromatic carbocycles. The van der Waals surface area contributed by atoms with Crippen molar-refractivity contribution in [3.05, 3.63) is 54.4 Å². The Kier molecular flexibility index (Phi) is 2.93. The zero-order valence-corrected chi connectivity index (χ0v) is 10.6. The lowest BCUT2D eigenvalue weighted by Gasteiger charge is -2.05. The molecule has 3 rings (SSSR count). The van der Waals surface area contributed by atoms with Crippen LogP contribution in [0.4, 0.5) is 0 Å². The van der Waals surface area contributed by atoms with E-state index in [1.165, 1.54) is 0 Å². The maximum atomic E-state index is 9.21. The Morgan fingerprint density at radius 3 is 2.63 bits per heavy atom. The Hall–Kier alpha value is -2.33. The number of aliphatic hydroxyl groups excluding tert-OH is 1. The Morgan fingerprint density at radius 1 is 1.11 bits per heavy atom. The fraction of sp³-hybridized carbons (Fsp3) is 0.133. The summed E-state index contributed by atoms with van der Waals surface area (Å²) in [6.07, 6.45) is 0. The van der Waals surface area contributed by atoms with E-state index in [1.807, 2.05) is 60.1 Å². The molecule has 0 fully saturated rings. The second kappa shape index (κ2) is 4.74. The summed E-state index contributed by atoms with van der Waals surface area (Å²) >= 11 is 0. The van der Waals surface area contributed by atoms with Crippen LogP contribution in [0.1, 0.15) is 5.82 Å². The number of hydrogen-bond acceptors (Lipinski definition) is 3. The van der Waals surface area contributed by atoms with Gasteiger partial charge in [0.1, 0.15) is 23.9 Å². The van der Waals surface area contributed by atoms with Crippen LogP contribution < -0.4 is 4.74 Å². The maximum Gasteiger partial charge on any atom is 0.135 e. The van der Waals surface area contributed by atoms with Gasteiger partial charge in [0.15, 0.2) is 0 Å². The van der Waals surface area contributed by atoms with Crippen molar-refractivity contribution in [3.63, 3.8) is 0 Å². The molecular formula is C15H14N2O2. The smallest absolute Gasteiger partial charge is 0.135 e. The van der Waals surface area contributed by atoms with Crippen molar-refractivity contribution in [1.29, 1.82) is 0 Å². The van der Waals surface area contributed by atoms with E-state index in [0.29, 0.717) is 5.82 Å². The van der Waals surface area contributed by atoms with Gasteiger partial charge in [-0.05, 0) is 24.3 Å². The van der Waals surface area contributed by atoms with Crippen LogP contribution in [0.25, 0.3) is 11.0 Å². The predicted molar refractivity (Wildman–Crippen MR) is 73.2 cm³/mol. The standard InChI is InChI=1S/C15H14N2O2/c1-17-14-9-12(19-11-5-3-2-4-6-11)7-8-13(14)16-15(17)10-18/h2-9,18H,10H2,1H3. The Balaban J connectivity index is 1.99. The Bertz CT molecular complexity index is 705. The Morgan fingerprint density at radius 2 is 1.89 bits per heavy atom. The summed E-state index contributed by atoms with van der Waals surface area (Å²) < 4.78 is 7.65. The van der Waals surface area contributed by atoms with Crippen LogP contribution in [0, 0.1) is 0 Å². The third kappa shape index (κ3) is 2.18. The number of hydrogen-bond donors (Lipinski definition) is 1. The van der Waals surface area contributed by atoms with Crippen LogP contribution in [0.5, 0.6) is 11.5 Å². The lowest BCUT2D eigenvalue weighted by atomic mass is 10.3. The second-order valence-electron chi connectivity index (χ2n) is 4.31. The van der Waals surface area contributed by atoms with Crippen molar-refractivity contribution in [1.82, 2.24) is 9.55 Å². The number of rotatable bonds is 3. The summed E-state index contributed by atoms with van der Waals surface area (Å²) in [6, 6.07) is 15.3. The fourth-order valence-corrected chi connectivity index (χ4v) is 2.05. The monoisotopic (exact) mass is 254 g/mol. The molecule has 96 valence electrons. The molecule has 1 heterocycles. The number of imidazole rings is 1. The van der Waals surface area contributed by atoms with E-state index in [0.717, 1.165) is 22.5 Å². The van der Waals surface area contributed by atoms with E-state index >= 15 is 0 Å². The van der Waals surface area contributed by atoms with Gasteiger partial charge in [0.05, 0.1) is 11.0 Å². The molecule has 1 N–H and O–H groups in total. The van der Waals surface area contributed by atoms with E-state index in [1.54, 1.807) is 0 Å². The zero-order chi connectivity index (χ0) is 13.2. The van der Waals surface area contributed by atoms with Gasteiger partial charge in [0.25, 0.3) is 0 Å². The molecule has 3 aromatic rings.